The van der Waals surface area contributed by atoms with E-state index < -0.39 is 6.04 Å². The molecule has 0 aromatic heterocycles. The second kappa shape index (κ2) is 9.33. The Labute approximate surface area is 192 Å². The van der Waals surface area contributed by atoms with Crippen LogP contribution in [0.5, 0.6) is 5.75 Å². The van der Waals surface area contributed by atoms with Crippen molar-refractivity contribution in [2.45, 2.75) is 62.6 Å². The van der Waals surface area contributed by atoms with Crippen molar-refractivity contribution >= 4 is 27.6 Å². The smallest absolute Gasteiger partial charge is 0.290 e. The largest absolute Gasteiger partial charge is 0.497 e. The van der Waals surface area contributed by atoms with Crippen LogP contribution in [0.15, 0.2) is 35.6 Å². The van der Waals surface area contributed by atoms with E-state index in [1.165, 1.54) is 0 Å². The highest BCUT2D eigenvalue weighted by Crippen LogP contribution is 2.47. The number of ketones is 1. The number of halogens is 1. The second-order valence-corrected chi connectivity index (χ2v) is 10.0. The number of carbonyl (C=O) groups excluding carboxylic acids is 2. The van der Waals surface area contributed by atoms with E-state index in [1.54, 1.807) is 12.0 Å². The molecule has 168 valence electrons. The van der Waals surface area contributed by atoms with Crippen molar-refractivity contribution in [1.29, 1.82) is 0 Å². The number of benzene rings is 1. The summed E-state index contributed by atoms with van der Waals surface area (Å²) in [7, 11) is 1.61. The molecule has 6 nitrogen and oxygen atoms in total. The fraction of sp³-hybridized carbons (Fsp3) is 0.583. The van der Waals surface area contributed by atoms with E-state index in [0.29, 0.717) is 35.7 Å². The minimum Gasteiger partial charge on any atom is -0.497 e. The Balaban J connectivity index is 1.67. The summed E-state index contributed by atoms with van der Waals surface area (Å²) in [4.78, 5) is 29.1. The van der Waals surface area contributed by atoms with Crippen LogP contribution < -0.4 is 4.74 Å². The number of alkyl halides is 1. The van der Waals surface area contributed by atoms with Crippen LogP contribution in [0.4, 0.5) is 0 Å². The van der Waals surface area contributed by atoms with E-state index in [-0.39, 0.29) is 35.6 Å². The first-order chi connectivity index (χ1) is 14.9. The van der Waals surface area contributed by atoms with Gasteiger partial charge in [-0.3, -0.25) is 9.59 Å². The molecule has 0 N–H and O–H groups in total. The van der Waals surface area contributed by atoms with E-state index in [1.807, 2.05) is 38.1 Å². The van der Waals surface area contributed by atoms with Crippen molar-refractivity contribution in [1.82, 2.24) is 4.90 Å². The number of rotatable bonds is 7. The molecule has 4 atom stereocenters. The fourth-order valence-corrected chi connectivity index (χ4v) is 5.47. The molecule has 1 amide bonds. The number of hydrogen-bond acceptors (Lipinski definition) is 5. The van der Waals surface area contributed by atoms with Crippen LogP contribution in [0.3, 0.4) is 0 Å². The second-order valence-electron chi connectivity index (χ2n) is 8.73. The van der Waals surface area contributed by atoms with E-state index in [9.17, 15) is 9.59 Å². The van der Waals surface area contributed by atoms with E-state index in [4.69, 9.17) is 14.2 Å². The molecule has 31 heavy (non-hydrogen) atoms. The highest BCUT2D eigenvalue weighted by molar-refractivity contribution is 9.09. The van der Waals surface area contributed by atoms with Gasteiger partial charge in [-0.05, 0) is 57.2 Å². The number of amides is 1. The molecular weight excluding hydrogens is 462 g/mol. The molecule has 0 saturated heterocycles. The molecule has 7 heteroatoms. The maximum absolute atomic E-state index is 13.6. The van der Waals surface area contributed by atoms with Gasteiger partial charge >= 0.3 is 0 Å². The van der Waals surface area contributed by atoms with E-state index >= 15 is 0 Å². The van der Waals surface area contributed by atoms with Crippen LogP contribution >= 0.6 is 15.9 Å². The summed E-state index contributed by atoms with van der Waals surface area (Å²) in [5, 5.41) is 0. The molecule has 4 unspecified atom stereocenters. The molecule has 1 aliphatic carbocycles. The Bertz CT molecular complexity index is 882. The zero-order valence-corrected chi connectivity index (χ0v) is 19.9. The van der Waals surface area contributed by atoms with Gasteiger partial charge < -0.3 is 19.1 Å². The lowest BCUT2D eigenvalue weighted by molar-refractivity contribution is -0.135. The number of methoxy groups -OCH3 is 1. The fourth-order valence-electron chi connectivity index (χ4n) is 4.81. The van der Waals surface area contributed by atoms with Crippen LogP contribution in [0.25, 0.3) is 0 Å². The number of hydrogen-bond donors (Lipinski definition) is 0. The molecule has 4 rings (SSSR count). The number of Topliss-reactive ketones (excluding diaryl/α,β-unsaturated/α-hetero) is 1. The van der Waals surface area contributed by atoms with Crippen molar-refractivity contribution in [3.05, 3.63) is 41.2 Å². The Morgan fingerprint density at radius 2 is 2.06 bits per heavy atom. The third kappa shape index (κ3) is 4.40. The minimum absolute atomic E-state index is 0.0532. The summed E-state index contributed by atoms with van der Waals surface area (Å²) >= 11 is 3.68. The van der Waals surface area contributed by atoms with Crippen molar-refractivity contribution in [3.8, 4) is 5.75 Å². The molecule has 2 aliphatic heterocycles. The number of fused-ring (bicyclic) bond motifs is 1. The average molecular weight is 492 g/mol. The molecule has 3 aliphatic rings. The van der Waals surface area contributed by atoms with Gasteiger partial charge in [0.15, 0.2) is 11.5 Å². The third-order valence-electron chi connectivity index (χ3n) is 6.28. The van der Waals surface area contributed by atoms with Gasteiger partial charge in [0, 0.05) is 18.0 Å². The predicted molar refractivity (Wildman–Crippen MR) is 120 cm³/mol. The summed E-state index contributed by atoms with van der Waals surface area (Å²) in [5.41, 5.74) is 1.37. The molecular formula is C24H30BrNO5. The third-order valence-corrected chi connectivity index (χ3v) is 7.11. The molecule has 0 bridgehead atoms. The van der Waals surface area contributed by atoms with Crippen LogP contribution in [0, 0.1) is 5.92 Å². The van der Waals surface area contributed by atoms with Gasteiger partial charge in [0.1, 0.15) is 11.9 Å². The van der Waals surface area contributed by atoms with Crippen molar-refractivity contribution in [2.75, 3.05) is 20.3 Å². The minimum atomic E-state index is -0.458. The van der Waals surface area contributed by atoms with Crippen molar-refractivity contribution in [2.24, 2.45) is 5.92 Å². The summed E-state index contributed by atoms with van der Waals surface area (Å²) in [6.45, 7) is 5.03. The average Bonchev–Trinajstić information content (AvgIpc) is 3.04. The van der Waals surface area contributed by atoms with Crippen LogP contribution in [0.2, 0.25) is 0 Å². The van der Waals surface area contributed by atoms with Crippen LogP contribution in [-0.4, -0.2) is 53.9 Å². The number of nitrogens with zero attached hydrogens (tertiary/aromatic N) is 1. The summed E-state index contributed by atoms with van der Waals surface area (Å²) < 4.78 is 17.3. The Kier molecular flexibility index (Phi) is 6.72. The number of carbonyl (C=O) groups is 2. The Hall–Kier alpha value is -1.86. The summed E-state index contributed by atoms with van der Waals surface area (Å²) in [6.07, 6.45) is 3.08. The monoisotopic (exact) mass is 491 g/mol. The highest BCUT2D eigenvalue weighted by atomic mass is 79.9. The van der Waals surface area contributed by atoms with Crippen LogP contribution in [0.1, 0.15) is 51.1 Å². The zero-order valence-electron chi connectivity index (χ0n) is 18.3. The molecule has 1 aromatic rings. The molecule has 2 heterocycles. The van der Waals surface area contributed by atoms with Gasteiger partial charge in [-0.1, -0.05) is 28.1 Å². The molecule has 0 radical (unpaired) electrons. The van der Waals surface area contributed by atoms with Gasteiger partial charge in [-0.15, -0.1) is 0 Å². The Morgan fingerprint density at radius 3 is 2.81 bits per heavy atom. The lowest BCUT2D eigenvalue weighted by Gasteiger charge is -2.37. The van der Waals surface area contributed by atoms with Gasteiger partial charge in [-0.25, -0.2) is 0 Å². The zero-order chi connectivity index (χ0) is 22.1. The molecule has 1 fully saturated rings. The molecule has 1 saturated carbocycles. The maximum Gasteiger partial charge on any atom is 0.290 e. The van der Waals surface area contributed by atoms with Crippen molar-refractivity contribution < 1.29 is 23.8 Å². The van der Waals surface area contributed by atoms with Gasteiger partial charge in [0.25, 0.3) is 5.91 Å². The normalized spacial score (nSPS) is 28.0. The molecule has 0 spiro atoms. The maximum atomic E-state index is 13.6. The van der Waals surface area contributed by atoms with E-state index in [0.717, 1.165) is 24.8 Å². The first-order valence-corrected chi connectivity index (χ1v) is 12.0. The summed E-state index contributed by atoms with van der Waals surface area (Å²) in [6, 6.07) is 7.15. The first kappa shape index (κ1) is 22.3. The molecule has 1 aromatic carbocycles. The van der Waals surface area contributed by atoms with Gasteiger partial charge in [0.2, 0.25) is 0 Å². The predicted octanol–water partition coefficient (Wildman–Crippen LogP) is 4.18. The standard InChI is InChI=1S/C24H30BrNO5/c1-14(2)30-11-5-10-26-21(15-6-4-7-17(12-15)29-3)20-22(27)18-13-16(25)8-9-19(18)31-23(20)24(26)28/h4,6-7,12,14,16,18-19,21H,5,8-11,13H2,1-3H3. The number of ether oxygens (including phenoxy) is 3. The van der Waals surface area contributed by atoms with Gasteiger partial charge in [-0.2, -0.15) is 0 Å². The Morgan fingerprint density at radius 1 is 1.26 bits per heavy atom. The summed E-state index contributed by atoms with van der Waals surface area (Å²) in [5.74, 6) is 0.596. The van der Waals surface area contributed by atoms with Crippen LogP contribution in [-0.2, 0) is 19.1 Å². The SMILES string of the molecule is COc1cccc(C2C3=C(OC4CCC(Br)CC4C3=O)C(=O)N2CCCOC(C)C)c1. The van der Waals surface area contributed by atoms with Crippen molar-refractivity contribution in [3.63, 3.8) is 0 Å². The topological polar surface area (TPSA) is 65.1 Å². The van der Waals surface area contributed by atoms with Gasteiger partial charge in [0.05, 0.1) is 30.7 Å². The lowest BCUT2D eigenvalue weighted by Crippen LogP contribution is -2.41. The lowest BCUT2D eigenvalue weighted by atomic mass is 9.77. The van der Waals surface area contributed by atoms with E-state index in [2.05, 4.69) is 15.9 Å². The first-order valence-electron chi connectivity index (χ1n) is 11.1. The quantitative estimate of drug-likeness (QED) is 0.422. The highest BCUT2D eigenvalue weighted by Gasteiger charge is 2.52.